The predicted molar refractivity (Wildman–Crippen MR) is 126 cm³/mol. The van der Waals surface area contributed by atoms with Gasteiger partial charge in [-0.2, -0.15) is 0 Å². The molecule has 2 fully saturated rings. The molecule has 2 bridgehead atoms. The maximum Gasteiger partial charge on any atom is 0.200 e. The Kier molecular flexibility index (Phi) is 6.19. The second-order valence-corrected chi connectivity index (χ2v) is 9.96. The number of furan rings is 1. The Hall–Kier alpha value is -2.74. The third-order valence-electron chi connectivity index (χ3n) is 7.26. The molecule has 2 saturated carbocycles. The number of carbonyl (C=O) groups excluding carboxylic acids is 1. The maximum atomic E-state index is 13.0. The third kappa shape index (κ3) is 4.16. The second-order valence-electron chi connectivity index (χ2n) is 9.01. The van der Waals surface area contributed by atoms with Crippen LogP contribution in [0.15, 0.2) is 46.2 Å². The van der Waals surface area contributed by atoms with E-state index >= 15 is 0 Å². The Bertz CT molecular complexity index is 1130. The summed E-state index contributed by atoms with van der Waals surface area (Å²) in [6, 6.07) is 9.26. The number of Topliss-reactive ketones (excluding diaryl/α,β-unsaturated/α-hetero) is 1. The summed E-state index contributed by atoms with van der Waals surface area (Å²) in [7, 11) is 3.15. The summed E-state index contributed by atoms with van der Waals surface area (Å²) in [6.07, 6.45) is 6.94. The highest BCUT2D eigenvalue weighted by Crippen LogP contribution is 2.53. The van der Waals surface area contributed by atoms with Crippen LogP contribution in [0, 0.1) is 17.8 Å². The van der Waals surface area contributed by atoms with Crippen LogP contribution in [0.1, 0.15) is 49.0 Å². The summed E-state index contributed by atoms with van der Waals surface area (Å²) in [4.78, 5) is 13.0. The molecule has 0 aliphatic heterocycles. The highest BCUT2D eigenvalue weighted by Gasteiger charge is 2.43. The zero-order valence-corrected chi connectivity index (χ0v) is 20.0. The van der Waals surface area contributed by atoms with Gasteiger partial charge in [0.15, 0.2) is 28.2 Å². The summed E-state index contributed by atoms with van der Waals surface area (Å²) in [6.45, 7) is 2.27. The molecule has 2 aromatic heterocycles. The molecule has 2 aliphatic carbocycles. The highest BCUT2D eigenvalue weighted by molar-refractivity contribution is 7.99. The largest absolute Gasteiger partial charge is 0.493 e. The minimum atomic E-state index is 0.00243. The Balaban J connectivity index is 1.39. The van der Waals surface area contributed by atoms with Gasteiger partial charge in [-0.1, -0.05) is 18.2 Å². The minimum absolute atomic E-state index is 0.00243. The molecule has 2 heterocycles. The molecule has 3 aromatic rings. The van der Waals surface area contributed by atoms with Crippen molar-refractivity contribution in [3.05, 3.63) is 42.2 Å². The summed E-state index contributed by atoms with van der Waals surface area (Å²) < 4.78 is 18.5. The average Bonchev–Trinajstić information content (AvgIpc) is 3.65. The number of ether oxygens (including phenoxy) is 2. The topological polar surface area (TPSA) is 79.4 Å². The van der Waals surface area contributed by atoms with Crippen LogP contribution in [0.25, 0.3) is 11.6 Å². The van der Waals surface area contributed by atoms with Crippen molar-refractivity contribution in [2.45, 2.75) is 43.8 Å². The summed E-state index contributed by atoms with van der Waals surface area (Å²) in [5.74, 6) is 5.07. The molecule has 0 spiro atoms. The lowest BCUT2D eigenvalue weighted by atomic mass is 9.84. The number of fused-ring (bicyclic) bond motifs is 2. The standard InChI is InChI=1S/C25H29N3O4S/c1-15(19-12-16-6-7-17(19)11-16)28-24(22-5-4-10-32-22)26-27-25(28)33-14-20(29)18-8-9-21(30-2)23(13-18)31-3/h4-5,8-10,13,15-17,19H,6-7,11-12,14H2,1-3H3/t15-,16-,17-,19+/m0/s1. The first-order valence-corrected chi connectivity index (χ1v) is 12.4. The fourth-order valence-electron chi connectivity index (χ4n) is 5.62. The number of methoxy groups -OCH3 is 2. The molecule has 1 aromatic carbocycles. The first-order valence-electron chi connectivity index (χ1n) is 11.5. The van der Waals surface area contributed by atoms with Crippen molar-refractivity contribution >= 4 is 17.5 Å². The van der Waals surface area contributed by atoms with Gasteiger partial charge in [-0.05, 0) is 74.3 Å². The second kappa shape index (κ2) is 9.25. The number of carbonyl (C=O) groups is 1. The van der Waals surface area contributed by atoms with Crippen molar-refractivity contribution in [1.82, 2.24) is 14.8 Å². The van der Waals surface area contributed by atoms with Crippen molar-refractivity contribution in [3.63, 3.8) is 0 Å². The van der Waals surface area contributed by atoms with Gasteiger partial charge in [0.05, 0.1) is 26.2 Å². The van der Waals surface area contributed by atoms with Crippen molar-refractivity contribution < 1.29 is 18.7 Å². The molecule has 33 heavy (non-hydrogen) atoms. The lowest BCUT2D eigenvalue weighted by Gasteiger charge is -2.30. The zero-order valence-electron chi connectivity index (χ0n) is 19.2. The van der Waals surface area contributed by atoms with Gasteiger partial charge in [0.1, 0.15) is 0 Å². The van der Waals surface area contributed by atoms with Crippen molar-refractivity contribution in [3.8, 4) is 23.1 Å². The minimum Gasteiger partial charge on any atom is -0.493 e. The lowest BCUT2D eigenvalue weighted by molar-refractivity contribution is 0.102. The van der Waals surface area contributed by atoms with E-state index in [0.717, 1.165) is 22.8 Å². The molecule has 7 nitrogen and oxygen atoms in total. The van der Waals surface area contributed by atoms with Crippen molar-refractivity contribution in [1.29, 1.82) is 0 Å². The SMILES string of the molecule is COc1ccc(C(=O)CSc2nnc(-c3ccco3)n2[C@@H](C)[C@H]2C[C@H]3CC[C@H]2C3)cc1OC. The van der Waals surface area contributed by atoms with E-state index in [2.05, 4.69) is 21.7 Å². The van der Waals surface area contributed by atoms with E-state index in [9.17, 15) is 4.79 Å². The Morgan fingerprint density at radius 2 is 2.03 bits per heavy atom. The van der Waals surface area contributed by atoms with E-state index in [4.69, 9.17) is 13.9 Å². The normalized spacial score (nSPS) is 22.5. The van der Waals surface area contributed by atoms with Crippen LogP contribution in [0.4, 0.5) is 0 Å². The number of rotatable bonds is 9. The van der Waals surface area contributed by atoms with Crippen LogP contribution >= 0.6 is 11.8 Å². The Labute approximate surface area is 197 Å². The number of nitrogens with zero attached hydrogens (tertiary/aromatic N) is 3. The number of benzene rings is 1. The fraction of sp³-hybridized carbons (Fsp3) is 0.480. The Morgan fingerprint density at radius 3 is 2.70 bits per heavy atom. The number of hydrogen-bond acceptors (Lipinski definition) is 7. The van der Waals surface area contributed by atoms with Crippen LogP contribution in [-0.4, -0.2) is 40.5 Å². The van der Waals surface area contributed by atoms with Crippen molar-refractivity contribution in [2.75, 3.05) is 20.0 Å². The molecule has 174 valence electrons. The van der Waals surface area contributed by atoms with Gasteiger partial charge >= 0.3 is 0 Å². The average molecular weight is 468 g/mol. The van der Waals surface area contributed by atoms with Crippen molar-refractivity contribution in [2.24, 2.45) is 17.8 Å². The molecule has 0 saturated heterocycles. The number of hydrogen-bond donors (Lipinski definition) is 0. The third-order valence-corrected chi connectivity index (χ3v) is 8.21. The first kappa shape index (κ1) is 22.1. The van der Waals surface area contributed by atoms with E-state index in [1.807, 2.05) is 12.1 Å². The lowest BCUT2D eigenvalue weighted by Crippen LogP contribution is -2.23. The number of ketones is 1. The summed E-state index contributed by atoms with van der Waals surface area (Å²) in [5, 5.41) is 9.69. The van der Waals surface area contributed by atoms with E-state index in [1.54, 1.807) is 38.7 Å². The molecule has 0 N–H and O–H groups in total. The van der Waals surface area contributed by atoms with Gasteiger partial charge < -0.3 is 13.9 Å². The summed E-state index contributed by atoms with van der Waals surface area (Å²) >= 11 is 1.42. The number of thioether (sulfide) groups is 1. The molecule has 0 radical (unpaired) electrons. The smallest absolute Gasteiger partial charge is 0.200 e. The van der Waals surface area contributed by atoms with Gasteiger partial charge in [0.25, 0.3) is 0 Å². The first-order chi connectivity index (χ1) is 16.1. The summed E-state index contributed by atoms with van der Waals surface area (Å²) in [5.41, 5.74) is 0.582. The van der Waals surface area contributed by atoms with Crippen LogP contribution in [-0.2, 0) is 0 Å². The zero-order chi connectivity index (χ0) is 22.9. The number of aromatic nitrogens is 3. The molecule has 8 heteroatoms. The maximum absolute atomic E-state index is 13.0. The van der Waals surface area contributed by atoms with Gasteiger partial charge in [0, 0.05) is 11.6 Å². The van der Waals surface area contributed by atoms with Gasteiger partial charge in [0.2, 0.25) is 5.82 Å². The van der Waals surface area contributed by atoms with Crippen LogP contribution in [0.2, 0.25) is 0 Å². The molecule has 5 rings (SSSR count). The monoisotopic (exact) mass is 467 g/mol. The van der Waals surface area contributed by atoms with E-state index < -0.39 is 0 Å². The van der Waals surface area contributed by atoms with E-state index in [1.165, 1.54) is 37.4 Å². The molecule has 4 atom stereocenters. The van der Waals surface area contributed by atoms with Gasteiger partial charge in [-0.25, -0.2) is 0 Å². The highest BCUT2D eigenvalue weighted by atomic mass is 32.2. The van der Waals surface area contributed by atoms with E-state index in [0.29, 0.717) is 28.7 Å². The van der Waals surface area contributed by atoms with Gasteiger partial charge in [-0.15, -0.1) is 10.2 Å². The predicted octanol–water partition coefficient (Wildman–Crippen LogP) is 5.53. The molecular weight excluding hydrogens is 438 g/mol. The molecular formula is C25H29N3O4S. The quantitative estimate of drug-likeness (QED) is 0.302. The Morgan fingerprint density at radius 1 is 1.18 bits per heavy atom. The molecule has 0 unspecified atom stereocenters. The van der Waals surface area contributed by atoms with E-state index in [-0.39, 0.29) is 17.6 Å². The van der Waals surface area contributed by atoms with Crippen LogP contribution in [0.5, 0.6) is 11.5 Å². The molecule has 2 aliphatic rings. The van der Waals surface area contributed by atoms with Gasteiger partial charge in [-0.3, -0.25) is 9.36 Å². The fourth-order valence-corrected chi connectivity index (χ4v) is 6.53. The van der Waals surface area contributed by atoms with Crippen LogP contribution < -0.4 is 9.47 Å². The van der Waals surface area contributed by atoms with Crippen LogP contribution in [0.3, 0.4) is 0 Å². The molecule has 0 amide bonds.